The molecule has 0 bridgehead atoms. The molecule has 0 aliphatic carbocycles. The van der Waals surface area contributed by atoms with Gasteiger partial charge in [-0.15, -0.1) is 0 Å². The molecule has 0 aliphatic heterocycles. The number of anilines is 2. The van der Waals surface area contributed by atoms with Gasteiger partial charge in [0, 0.05) is 35.1 Å². The third-order valence-corrected chi connectivity index (χ3v) is 6.06. The highest BCUT2D eigenvalue weighted by atomic mass is 32.2. The van der Waals surface area contributed by atoms with Gasteiger partial charge in [0.25, 0.3) is 5.91 Å². The fourth-order valence-corrected chi connectivity index (χ4v) is 4.45. The van der Waals surface area contributed by atoms with Gasteiger partial charge in [0.2, 0.25) is 10.0 Å². The van der Waals surface area contributed by atoms with Gasteiger partial charge >= 0.3 is 0 Å². The van der Waals surface area contributed by atoms with Crippen LogP contribution in [-0.2, 0) is 10.0 Å². The van der Waals surface area contributed by atoms with Gasteiger partial charge in [-0.2, -0.15) is 0 Å². The van der Waals surface area contributed by atoms with Crippen molar-refractivity contribution < 1.29 is 13.2 Å². The predicted octanol–water partition coefficient (Wildman–Crippen LogP) is 4.25. The molecule has 2 N–H and O–H groups in total. The van der Waals surface area contributed by atoms with Crippen LogP contribution in [0, 0.1) is 0 Å². The van der Waals surface area contributed by atoms with E-state index < -0.39 is 15.6 Å². The molecule has 2 aromatic rings. The van der Waals surface area contributed by atoms with E-state index >= 15 is 0 Å². The average molecular weight is 418 g/mol. The van der Waals surface area contributed by atoms with Crippen molar-refractivity contribution in [1.82, 2.24) is 4.72 Å². The Kier molecular flexibility index (Phi) is 7.08. The molecule has 6 nitrogen and oxygen atoms in total. The number of benzene rings is 2. The Balaban J connectivity index is 2.10. The van der Waals surface area contributed by atoms with Crippen molar-refractivity contribution in [3.63, 3.8) is 0 Å². The normalized spacial score (nSPS) is 12.1. The first-order valence-corrected chi connectivity index (χ1v) is 11.2. The standard InChI is InChI=1S/C22H31N3O3S/c1-7-25(16(2)3)19-12-10-18(11-13-19)23-21(26)17-8-14-20(15-9-17)29(27,28)24-22(4,5)6/h8-16,24H,7H2,1-6H3,(H,23,26). The molecule has 0 unspecified atom stereocenters. The van der Waals surface area contributed by atoms with Crippen LogP contribution < -0.4 is 14.9 Å². The molecular formula is C22H31N3O3S. The van der Waals surface area contributed by atoms with Gasteiger partial charge in [0.05, 0.1) is 4.90 Å². The number of nitrogens with one attached hydrogen (secondary N) is 2. The predicted molar refractivity (Wildman–Crippen MR) is 119 cm³/mol. The van der Waals surface area contributed by atoms with Crippen LogP contribution >= 0.6 is 0 Å². The minimum atomic E-state index is -3.63. The summed E-state index contributed by atoms with van der Waals surface area (Å²) < 4.78 is 27.3. The van der Waals surface area contributed by atoms with E-state index in [0.717, 1.165) is 12.2 Å². The van der Waals surface area contributed by atoms with E-state index in [9.17, 15) is 13.2 Å². The molecule has 7 heteroatoms. The van der Waals surface area contributed by atoms with Crippen LogP contribution in [0.2, 0.25) is 0 Å². The van der Waals surface area contributed by atoms with Crippen LogP contribution in [0.15, 0.2) is 53.4 Å². The number of hydrogen-bond acceptors (Lipinski definition) is 4. The number of carbonyl (C=O) groups is 1. The zero-order valence-electron chi connectivity index (χ0n) is 18.0. The average Bonchev–Trinajstić information content (AvgIpc) is 2.61. The van der Waals surface area contributed by atoms with E-state index in [-0.39, 0.29) is 10.8 Å². The van der Waals surface area contributed by atoms with E-state index in [1.807, 2.05) is 24.3 Å². The molecule has 0 radical (unpaired) electrons. The lowest BCUT2D eigenvalue weighted by atomic mass is 10.1. The summed E-state index contributed by atoms with van der Waals surface area (Å²) in [4.78, 5) is 14.9. The van der Waals surface area contributed by atoms with Crippen molar-refractivity contribution in [3.05, 3.63) is 54.1 Å². The first kappa shape index (κ1) is 22.9. The molecule has 158 valence electrons. The summed E-state index contributed by atoms with van der Waals surface area (Å²) in [7, 11) is -3.63. The van der Waals surface area contributed by atoms with Crippen LogP contribution in [0.5, 0.6) is 0 Å². The van der Waals surface area contributed by atoms with Gasteiger partial charge in [-0.3, -0.25) is 4.79 Å². The molecule has 0 saturated heterocycles. The second kappa shape index (κ2) is 8.97. The molecule has 0 fully saturated rings. The molecule has 0 heterocycles. The maximum atomic E-state index is 12.5. The van der Waals surface area contributed by atoms with Gasteiger partial charge in [0.1, 0.15) is 0 Å². The molecular weight excluding hydrogens is 386 g/mol. The Labute approximate surface area is 174 Å². The Hall–Kier alpha value is -2.38. The Bertz CT molecular complexity index is 929. The van der Waals surface area contributed by atoms with E-state index in [4.69, 9.17) is 0 Å². The van der Waals surface area contributed by atoms with Crippen molar-refractivity contribution in [1.29, 1.82) is 0 Å². The first-order valence-electron chi connectivity index (χ1n) is 9.75. The molecule has 0 aromatic heterocycles. The van der Waals surface area contributed by atoms with Crippen molar-refractivity contribution in [2.75, 3.05) is 16.8 Å². The lowest BCUT2D eigenvalue weighted by Gasteiger charge is -2.27. The van der Waals surface area contributed by atoms with Gasteiger partial charge in [0.15, 0.2) is 0 Å². The highest BCUT2D eigenvalue weighted by Crippen LogP contribution is 2.21. The molecule has 29 heavy (non-hydrogen) atoms. The van der Waals surface area contributed by atoms with Crippen molar-refractivity contribution >= 4 is 27.3 Å². The summed E-state index contributed by atoms with van der Waals surface area (Å²) in [6.45, 7) is 12.6. The summed E-state index contributed by atoms with van der Waals surface area (Å²) in [5.74, 6) is -0.290. The fourth-order valence-electron chi connectivity index (χ4n) is 3.03. The second-order valence-corrected chi connectivity index (χ2v) is 9.94. The SMILES string of the molecule is CCN(c1ccc(NC(=O)c2ccc(S(=O)(=O)NC(C)(C)C)cc2)cc1)C(C)C. The third-order valence-electron chi connectivity index (χ3n) is 4.29. The van der Waals surface area contributed by atoms with Crippen molar-refractivity contribution in [2.24, 2.45) is 0 Å². The Morgan fingerprint density at radius 2 is 1.55 bits per heavy atom. The summed E-state index contributed by atoms with van der Waals surface area (Å²) in [5.41, 5.74) is 1.59. The molecule has 2 aromatic carbocycles. The lowest BCUT2D eigenvalue weighted by Crippen LogP contribution is -2.40. The fraction of sp³-hybridized carbons (Fsp3) is 0.409. The van der Waals surface area contributed by atoms with Gasteiger partial charge in [-0.1, -0.05) is 0 Å². The lowest BCUT2D eigenvalue weighted by molar-refractivity contribution is 0.102. The quantitative estimate of drug-likeness (QED) is 0.706. The topological polar surface area (TPSA) is 78.5 Å². The van der Waals surface area contributed by atoms with Crippen LogP contribution in [0.4, 0.5) is 11.4 Å². The second-order valence-electron chi connectivity index (χ2n) is 8.26. The monoisotopic (exact) mass is 417 g/mol. The smallest absolute Gasteiger partial charge is 0.255 e. The summed E-state index contributed by atoms with van der Waals surface area (Å²) in [5, 5.41) is 2.85. The van der Waals surface area contributed by atoms with E-state index in [1.165, 1.54) is 24.3 Å². The molecule has 0 spiro atoms. The minimum absolute atomic E-state index is 0.127. The maximum Gasteiger partial charge on any atom is 0.255 e. The molecule has 0 atom stereocenters. The zero-order valence-corrected chi connectivity index (χ0v) is 18.8. The first-order chi connectivity index (χ1) is 13.4. The Morgan fingerprint density at radius 3 is 2.00 bits per heavy atom. The van der Waals surface area contributed by atoms with Crippen LogP contribution in [-0.4, -0.2) is 32.5 Å². The van der Waals surface area contributed by atoms with Crippen LogP contribution in [0.3, 0.4) is 0 Å². The largest absolute Gasteiger partial charge is 0.369 e. The van der Waals surface area contributed by atoms with E-state index in [2.05, 4.69) is 35.7 Å². The number of hydrogen-bond donors (Lipinski definition) is 2. The number of carbonyl (C=O) groups excluding carboxylic acids is 1. The number of sulfonamides is 1. The number of rotatable bonds is 7. The van der Waals surface area contributed by atoms with Gasteiger partial charge in [-0.05, 0) is 90.1 Å². The van der Waals surface area contributed by atoms with Gasteiger partial charge in [-0.25, -0.2) is 13.1 Å². The zero-order chi connectivity index (χ0) is 21.8. The molecule has 0 saturated carbocycles. The maximum absolute atomic E-state index is 12.5. The highest BCUT2D eigenvalue weighted by molar-refractivity contribution is 7.89. The summed E-state index contributed by atoms with van der Waals surface area (Å²) >= 11 is 0. The van der Waals surface area contributed by atoms with Crippen molar-refractivity contribution in [3.8, 4) is 0 Å². The van der Waals surface area contributed by atoms with Gasteiger partial charge < -0.3 is 10.2 Å². The summed E-state index contributed by atoms with van der Waals surface area (Å²) in [6.07, 6.45) is 0. The third kappa shape index (κ3) is 6.30. The van der Waals surface area contributed by atoms with E-state index in [1.54, 1.807) is 20.8 Å². The van der Waals surface area contributed by atoms with Crippen LogP contribution in [0.25, 0.3) is 0 Å². The number of nitrogens with zero attached hydrogens (tertiary/aromatic N) is 1. The van der Waals surface area contributed by atoms with Crippen LogP contribution in [0.1, 0.15) is 51.9 Å². The minimum Gasteiger partial charge on any atom is -0.369 e. The van der Waals surface area contributed by atoms with E-state index in [0.29, 0.717) is 17.3 Å². The highest BCUT2D eigenvalue weighted by Gasteiger charge is 2.22. The molecule has 2 rings (SSSR count). The van der Waals surface area contributed by atoms with Crippen molar-refractivity contribution in [2.45, 2.75) is 58.0 Å². The summed E-state index contributed by atoms with van der Waals surface area (Å²) in [6, 6.07) is 14.0. The Morgan fingerprint density at radius 1 is 1.00 bits per heavy atom. The molecule has 1 amide bonds. The number of amides is 1. The molecule has 0 aliphatic rings.